The number of amides is 3. The number of nitrogens with two attached hydrogens (primary N) is 1. The Labute approximate surface area is 328 Å². The zero-order valence-electron chi connectivity index (χ0n) is 29.9. The van der Waals surface area contributed by atoms with Crippen molar-refractivity contribution in [1.29, 1.82) is 0 Å². The Bertz CT molecular complexity index is 2450. The lowest BCUT2D eigenvalue weighted by Gasteiger charge is -2.34. The molecule has 3 aromatic carbocycles. The molecule has 13 nitrogen and oxygen atoms in total. The van der Waals surface area contributed by atoms with Gasteiger partial charge in [0.05, 0.1) is 28.2 Å². The first-order valence-corrected chi connectivity index (χ1v) is 18.2. The number of alkyl halides is 3. The van der Waals surface area contributed by atoms with E-state index in [1.165, 1.54) is 42.7 Å². The van der Waals surface area contributed by atoms with Crippen molar-refractivity contribution in [2.24, 2.45) is 0 Å². The number of fused-ring (bicyclic) bond motifs is 3. The number of carbonyl (C=O) groups excluding carboxylic acids is 3. The normalized spacial score (nSPS) is 14.0. The maximum absolute atomic E-state index is 13.9. The molecule has 290 valence electrons. The van der Waals surface area contributed by atoms with Crippen LogP contribution in [-0.2, 0) is 17.3 Å². The molecule has 17 heteroatoms. The van der Waals surface area contributed by atoms with Crippen LogP contribution in [0, 0.1) is 0 Å². The number of imidazole rings is 1. The predicted octanol–water partition coefficient (Wildman–Crippen LogP) is 7.00. The van der Waals surface area contributed by atoms with Crippen LogP contribution >= 0.6 is 11.6 Å². The van der Waals surface area contributed by atoms with Gasteiger partial charge < -0.3 is 30.6 Å². The molecule has 0 saturated carbocycles. The number of aromatic nitrogens is 5. The first kappa shape index (κ1) is 37.3. The lowest BCUT2D eigenvalue weighted by atomic mass is 9.98. The van der Waals surface area contributed by atoms with Crippen LogP contribution in [0.4, 0.5) is 29.3 Å². The molecular weight excluding hydrogens is 763 g/mol. The van der Waals surface area contributed by atoms with Crippen LogP contribution in [0.25, 0.3) is 22.5 Å². The van der Waals surface area contributed by atoms with Crippen LogP contribution in [-0.4, -0.2) is 85.6 Å². The molecule has 1 fully saturated rings. The number of ether oxygens (including phenoxy) is 1. The van der Waals surface area contributed by atoms with Crippen LogP contribution in [0.1, 0.15) is 55.0 Å². The van der Waals surface area contributed by atoms with Crippen LogP contribution in [0.2, 0.25) is 5.02 Å². The first-order chi connectivity index (χ1) is 27.4. The Kier molecular flexibility index (Phi) is 9.87. The number of aromatic amines is 2. The molecule has 4 heterocycles. The van der Waals surface area contributed by atoms with Crippen LogP contribution in [0.3, 0.4) is 0 Å². The second-order valence-corrected chi connectivity index (χ2v) is 14.0. The van der Waals surface area contributed by atoms with Crippen LogP contribution in [0.5, 0.6) is 0 Å². The van der Waals surface area contributed by atoms with E-state index in [-0.39, 0.29) is 95.8 Å². The van der Waals surface area contributed by atoms with Gasteiger partial charge in [-0.25, -0.2) is 9.78 Å². The van der Waals surface area contributed by atoms with E-state index >= 15 is 0 Å². The zero-order valence-corrected chi connectivity index (χ0v) is 30.7. The van der Waals surface area contributed by atoms with E-state index in [1.807, 2.05) is 24.3 Å². The fourth-order valence-electron chi connectivity index (χ4n) is 7.19. The summed E-state index contributed by atoms with van der Waals surface area (Å²) in [6.07, 6.45) is -2.91. The molecule has 0 unspecified atom stereocenters. The molecule has 1 aliphatic heterocycles. The predicted molar refractivity (Wildman–Crippen MR) is 205 cm³/mol. The number of hydrogen-bond acceptors (Lipinski definition) is 8. The van der Waals surface area contributed by atoms with Gasteiger partial charge in [0.1, 0.15) is 18.0 Å². The molecule has 8 rings (SSSR count). The van der Waals surface area contributed by atoms with E-state index in [2.05, 4.69) is 54.7 Å². The summed E-state index contributed by atoms with van der Waals surface area (Å²) in [7, 11) is 0. The highest BCUT2D eigenvalue weighted by Gasteiger charge is 2.38. The number of nitrogens with zero attached hydrogens (tertiary/aromatic N) is 5. The molecule has 0 bridgehead atoms. The summed E-state index contributed by atoms with van der Waals surface area (Å²) in [6.45, 7) is 1.28. The number of nitrogen functional groups attached to an aromatic ring is 1. The average molecular weight is 796 g/mol. The molecule has 0 radical (unpaired) electrons. The maximum atomic E-state index is 13.9. The van der Waals surface area contributed by atoms with Crippen molar-refractivity contribution in [1.82, 2.24) is 34.9 Å². The third-order valence-electron chi connectivity index (χ3n) is 10.0. The first-order valence-electron chi connectivity index (χ1n) is 17.8. The number of pyridine rings is 1. The van der Waals surface area contributed by atoms with Crippen molar-refractivity contribution in [3.8, 4) is 22.5 Å². The smallest absolute Gasteiger partial charge is 0.433 e. The standard InChI is InChI=1S/C40H33ClF3N9O4/c41-32-18-23(49-37(54)36-47-20-24(48-36)17-30-34(33-12-9-22(45)19-46-33)50-51-35(30)40(42,43)44)10-11-29(32)38(55)52-13-15-53(16-14-52)39(56)57-21-31-27-7-3-1-5-25(27)26-6-2-4-8-28(26)31/h1-12,18-20,31H,13-17,21,45H2,(H,47,48)(H,49,54)(H,50,51). The van der Waals surface area contributed by atoms with Gasteiger partial charge in [-0.1, -0.05) is 60.1 Å². The van der Waals surface area contributed by atoms with Crippen LogP contribution in [0.15, 0.2) is 91.3 Å². The molecule has 6 aromatic rings. The Balaban J connectivity index is 0.861. The molecule has 57 heavy (non-hydrogen) atoms. The fourth-order valence-corrected chi connectivity index (χ4v) is 7.45. The number of piperazine rings is 1. The van der Waals surface area contributed by atoms with Crippen molar-refractivity contribution >= 4 is 40.9 Å². The van der Waals surface area contributed by atoms with Crippen molar-refractivity contribution in [2.45, 2.75) is 18.5 Å². The lowest BCUT2D eigenvalue weighted by molar-refractivity contribution is -0.141. The van der Waals surface area contributed by atoms with Crippen molar-refractivity contribution < 1.29 is 32.3 Å². The van der Waals surface area contributed by atoms with Gasteiger partial charge in [-0.2, -0.15) is 18.3 Å². The quantitative estimate of drug-likeness (QED) is 0.127. The minimum absolute atomic E-state index is 0.0234. The summed E-state index contributed by atoms with van der Waals surface area (Å²) in [6, 6.07) is 23.6. The van der Waals surface area contributed by atoms with Gasteiger partial charge in [0, 0.05) is 61.7 Å². The molecule has 2 aliphatic rings. The number of hydrogen-bond donors (Lipinski definition) is 4. The topological polar surface area (TPSA) is 175 Å². The van der Waals surface area contributed by atoms with E-state index in [9.17, 15) is 27.6 Å². The van der Waals surface area contributed by atoms with Crippen molar-refractivity contribution in [3.05, 3.63) is 136 Å². The van der Waals surface area contributed by atoms with E-state index in [0.717, 1.165) is 22.3 Å². The van der Waals surface area contributed by atoms with Gasteiger partial charge in [0.15, 0.2) is 5.82 Å². The number of H-pyrrole nitrogens is 2. The highest BCUT2D eigenvalue weighted by Crippen LogP contribution is 2.44. The zero-order chi connectivity index (χ0) is 39.8. The summed E-state index contributed by atoms with van der Waals surface area (Å²) in [5, 5.41) is 8.63. The minimum atomic E-state index is -4.74. The summed E-state index contributed by atoms with van der Waals surface area (Å²) in [5.41, 5.74) is 10.1. The van der Waals surface area contributed by atoms with E-state index < -0.39 is 23.9 Å². The van der Waals surface area contributed by atoms with Crippen molar-refractivity contribution in [2.75, 3.05) is 43.8 Å². The highest BCUT2D eigenvalue weighted by molar-refractivity contribution is 6.34. The maximum Gasteiger partial charge on any atom is 0.433 e. The van der Waals surface area contributed by atoms with Gasteiger partial charge in [0.25, 0.3) is 11.8 Å². The number of carbonyl (C=O) groups is 3. The van der Waals surface area contributed by atoms with E-state index in [1.54, 1.807) is 9.80 Å². The highest BCUT2D eigenvalue weighted by atomic mass is 35.5. The molecule has 3 aromatic heterocycles. The number of halogens is 4. The average Bonchev–Trinajstić information content (AvgIpc) is 3.94. The van der Waals surface area contributed by atoms with Crippen LogP contribution < -0.4 is 11.1 Å². The molecule has 3 amide bonds. The van der Waals surface area contributed by atoms with E-state index in [4.69, 9.17) is 22.1 Å². The monoisotopic (exact) mass is 795 g/mol. The fraction of sp³-hybridized carbons (Fsp3) is 0.200. The largest absolute Gasteiger partial charge is 0.448 e. The van der Waals surface area contributed by atoms with Crippen molar-refractivity contribution in [3.63, 3.8) is 0 Å². The summed E-state index contributed by atoms with van der Waals surface area (Å²) in [5.74, 6) is -1.26. The summed E-state index contributed by atoms with van der Waals surface area (Å²) < 4.78 is 47.4. The molecule has 1 aliphatic carbocycles. The molecular formula is C40H33ClF3N9O4. The summed E-state index contributed by atoms with van der Waals surface area (Å²) in [4.78, 5) is 53.7. The number of anilines is 2. The lowest BCUT2D eigenvalue weighted by Crippen LogP contribution is -2.50. The molecule has 0 atom stereocenters. The SMILES string of the molecule is Nc1ccc(-c2n[nH]c(C(F)(F)F)c2Cc2cnc(C(=O)Nc3ccc(C(=O)N4CCN(C(=O)OCC5c6ccccc6-c6ccccc65)CC4)c(Cl)c3)[nH]2)nc1. The molecule has 5 N–H and O–H groups in total. The van der Waals surface area contributed by atoms with Gasteiger partial charge in [-0.05, 0) is 52.6 Å². The third-order valence-corrected chi connectivity index (χ3v) is 10.3. The molecule has 0 spiro atoms. The third kappa shape index (κ3) is 7.50. The summed E-state index contributed by atoms with van der Waals surface area (Å²) >= 11 is 6.52. The Morgan fingerprint density at radius 1 is 0.895 bits per heavy atom. The number of rotatable bonds is 8. The van der Waals surface area contributed by atoms with Gasteiger partial charge >= 0.3 is 12.3 Å². The number of nitrogens with one attached hydrogen (secondary N) is 3. The van der Waals surface area contributed by atoms with Gasteiger partial charge in [-0.15, -0.1) is 0 Å². The second kappa shape index (κ2) is 15.1. The Hall–Kier alpha value is -6.68. The van der Waals surface area contributed by atoms with Gasteiger partial charge in [0.2, 0.25) is 0 Å². The van der Waals surface area contributed by atoms with E-state index in [0.29, 0.717) is 5.69 Å². The Morgan fingerprint density at radius 3 is 2.23 bits per heavy atom. The number of benzene rings is 3. The Morgan fingerprint density at radius 2 is 1.58 bits per heavy atom. The minimum Gasteiger partial charge on any atom is -0.448 e. The molecule has 1 saturated heterocycles. The van der Waals surface area contributed by atoms with Gasteiger partial charge in [-0.3, -0.25) is 19.7 Å². The second-order valence-electron chi connectivity index (χ2n) is 13.6.